The monoisotopic (exact) mass is 309 g/mol. The van der Waals surface area contributed by atoms with E-state index < -0.39 is 5.97 Å². The fraction of sp³-hybridized carbons (Fsp3) is 0.111. The average molecular weight is 309 g/mol. The molecule has 0 spiro atoms. The van der Waals surface area contributed by atoms with Gasteiger partial charge in [0.05, 0.1) is 0 Å². The highest BCUT2D eigenvalue weighted by Crippen LogP contribution is 2.33. The van der Waals surface area contributed by atoms with Crippen LogP contribution in [-0.2, 0) is 6.42 Å². The molecule has 0 atom stereocenters. The van der Waals surface area contributed by atoms with Crippen LogP contribution < -0.4 is 4.74 Å². The summed E-state index contributed by atoms with van der Waals surface area (Å²) in [6.07, 6.45) is 0.547. The van der Waals surface area contributed by atoms with Crippen LogP contribution in [0, 0.1) is 0 Å². The number of carbonyl (C=O) groups is 1. The van der Waals surface area contributed by atoms with Gasteiger partial charge in [-0.3, -0.25) is 0 Å². The number of pyridine rings is 1. The van der Waals surface area contributed by atoms with E-state index in [0.717, 1.165) is 0 Å². The molecular formula is C18H15NO4. The second kappa shape index (κ2) is 5.96. The zero-order valence-corrected chi connectivity index (χ0v) is 12.5. The zero-order chi connectivity index (χ0) is 16.4. The number of carboxylic acids is 1. The minimum absolute atomic E-state index is 0.323. The predicted octanol–water partition coefficient (Wildman–Crippen LogP) is 3.99. The molecule has 5 nitrogen and oxygen atoms in total. The molecule has 5 heteroatoms. The first-order valence-corrected chi connectivity index (χ1v) is 7.22. The summed E-state index contributed by atoms with van der Waals surface area (Å²) in [5.41, 5.74) is 0.278. The molecule has 3 aromatic rings. The van der Waals surface area contributed by atoms with Gasteiger partial charge < -0.3 is 14.9 Å². The molecule has 0 bridgehead atoms. The van der Waals surface area contributed by atoms with Gasteiger partial charge in [-0.1, -0.05) is 25.1 Å². The van der Waals surface area contributed by atoms with Crippen molar-refractivity contribution in [2.75, 3.05) is 0 Å². The van der Waals surface area contributed by atoms with Crippen molar-refractivity contribution in [3.63, 3.8) is 0 Å². The second-order valence-corrected chi connectivity index (χ2v) is 5.04. The maximum Gasteiger partial charge on any atom is 0.358 e. The molecule has 0 aliphatic rings. The third kappa shape index (κ3) is 2.81. The second-order valence-electron chi connectivity index (χ2n) is 5.04. The average Bonchev–Trinajstić information content (AvgIpc) is 2.56. The van der Waals surface area contributed by atoms with E-state index in [2.05, 4.69) is 4.98 Å². The van der Waals surface area contributed by atoms with Gasteiger partial charge in [-0.25, -0.2) is 9.78 Å². The van der Waals surface area contributed by atoms with E-state index in [-0.39, 0.29) is 11.4 Å². The van der Waals surface area contributed by atoms with Crippen molar-refractivity contribution in [1.29, 1.82) is 0 Å². The molecule has 1 heterocycles. The Morgan fingerprint density at radius 1 is 1.09 bits per heavy atom. The number of aryl methyl sites for hydroxylation is 1. The van der Waals surface area contributed by atoms with Crippen molar-refractivity contribution in [3.8, 4) is 17.2 Å². The van der Waals surface area contributed by atoms with Gasteiger partial charge in [-0.15, -0.1) is 0 Å². The zero-order valence-electron chi connectivity index (χ0n) is 12.5. The lowest BCUT2D eigenvalue weighted by Gasteiger charge is -2.11. The summed E-state index contributed by atoms with van der Waals surface area (Å²) >= 11 is 0. The van der Waals surface area contributed by atoms with Gasteiger partial charge in [-0.05, 0) is 36.8 Å². The summed E-state index contributed by atoms with van der Waals surface area (Å²) in [6, 6.07) is 14.4. The third-order valence-electron chi connectivity index (χ3n) is 3.54. The van der Waals surface area contributed by atoms with Crippen LogP contribution in [0.4, 0.5) is 0 Å². The number of carboxylic acid groups (broad SMARTS) is 1. The van der Waals surface area contributed by atoms with Crippen molar-refractivity contribution < 1.29 is 19.7 Å². The van der Waals surface area contributed by atoms with Crippen molar-refractivity contribution >= 4 is 16.7 Å². The van der Waals surface area contributed by atoms with Crippen molar-refractivity contribution in [3.05, 3.63) is 59.9 Å². The Morgan fingerprint density at radius 2 is 1.83 bits per heavy atom. The van der Waals surface area contributed by atoms with Crippen LogP contribution in [-0.4, -0.2) is 21.2 Å². The van der Waals surface area contributed by atoms with Gasteiger partial charge >= 0.3 is 5.97 Å². The number of aromatic carboxylic acids is 1. The Bertz CT molecular complexity index is 875. The van der Waals surface area contributed by atoms with Gasteiger partial charge in [0.1, 0.15) is 11.5 Å². The van der Waals surface area contributed by atoms with Crippen LogP contribution in [0.15, 0.2) is 48.5 Å². The van der Waals surface area contributed by atoms with Crippen LogP contribution >= 0.6 is 0 Å². The molecule has 0 fully saturated rings. The van der Waals surface area contributed by atoms with Crippen LogP contribution in [0.3, 0.4) is 0 Å². The number of ether oxygens (including phenoxy) is 1. The number of rotatable bonds is 4. The van der Waals surface area contributed by atoms with E-state index in [1.807, 2.05) is 37.3 Å². The highest BCUT2D eigenvalue weighted by atomic mass is 16.5. The highest BCUT2D eigenvalue weighted by Gasteiger charge is 2.18. The number of para-hydroxylation sites is 1. The topological polar surface area (TPSA) is 79.7 Å². The maximum absolute atomic E-state index is 11.2. The molecule has 0 unspecified atom stereocenters. The van der Waals surface area contributed by atoms with Gasteiger partial charge in [0.25, 0.3) is 0 Å². The van der Waals surface area contributed by atoms with E-state index in [1.165, 1.54) is 0 Å². The number of fused-ring (bicyclic) bond motifs is 1. The quantitative estimate of drug-likeness (QED) is 0.761. The molecule has 1 aromatic heterocycles. The van der Waals surface area contributed by atoms with Crippen molar-refractivity contribution in [2.24, 2.45) is 0 Å². The van der Waals surface area contributed by atoms with E-state index >= 15 is 0 Å². The molecule has 0 saturated carbocycles. The number of aromatic nitrogens is 1. The van der Waals surface area contributed by atoms with Crippen LogP contribution in [0.25, 0.3) is 10.8 Å². The molecule has 2 aromatic carbocycles. The lowest BCUT2D eigenvalue weighted by Crippen LogP contribution is -2.04. The molecule has 2 N–H and O–H groups in total. The van der Waals surface area contributed by atoms with Crippen LogP contribution in [0.5, 0.6) is 17.2 Å². The molecule has 0 aliphatic carbocycles. The smallest absolute Gasteiger partial charge is 0.358 e. The fourth-order valence-corrected chi connectivity index (χ4v) is 2.45. The minimum atomic E-state index is -1.25. The Morgan fingerprint density at radius 3 is 2.48 bits per heavy atom. The molecule has 3 rings (SSSR count). The maximum atomic E-state index is 11.2. The fourth-order valence-electron chi connectivity index (χ4n) is 2.45. The third-order valence-corrected chi connectivity index (χ3v) is 3.54. The lowest BCUT2D eigenvalue weighted by atomic mass is 10.1. The molecule has 23 heavy (non-hydrogen) atoms. The summed E-state index contributed by atoms with van der Waals surface area (Å²) < 4.78 is 5.78. The normalized spacial score (nSPS) is 10.7. The van der Waals surface area contributed by atoms with Crippen LogP contribution in [0.2, 0.25) is 0 Å². The van der Waals surface area contributed by atoms with E-state index in [9.17, 15) is 9.90 Å². The first kappa shape index (κ1) is 14.8. The van der Waals surface area contributed by atoms with E-state index in [0.29, 0.717) is 34.4 Å². The Balaban J connectivity index is 2.12. The Labute approximate surface area is 132 Å². The summed E-state index contributed by atoms with van der Waals surface area (Å²) in [7, 11) is 0. The van der Waals surface area contributed by atoms with Crippen LogP contribution in [0.1, 0.15) is 23.1 Å². The van der Waals surface area contributed by atoms with Gasteiger partial charge in [0.15, 0.2) is 11.4 Å². The van der Waals surface area contributed by atoms with Gasteiger partial charge in [0.2, 0.25) is 0 Å². The molecule has 0 aliphatic heterocycles. The SMILES string of the molecule is CCc1nc(C(=O)O)c(O)c2ccc(Oc3ccccc3)cc12. The highest BCUT2D eigenvalue weighted by molar-refractivity contribution is 5.99. The first-order valence-electron chi connectivity index (χ1n) is 7.22. The standard InChI is InChI=1S/C18H15NO4/c1-2-15-14-10-12(23-11-6-4-3-5-7-11)8-9-13(14)17(20)16(19-15)18(21)22/h3-10,20H,2H2,1H3,(H,21,22). The number of benzene rings is 2. The summed E-state index contributed by atoms with van der Waals surface area (Å²) in [4.78, 5) is 15.3. The first-order chi connectivity index (χ1) is 11.1. The number of nitrogens with zero attached hydrogens (tertiary/aromatic N) is 1. The molecule has 0 radical (unpaired) electrons. The molecular weight excluding hydrogens is 294 g/mol. The van der Waals surface area contributed by atoms with E-state index in [4.69, 9.17) is 9.84 Å². The van der Waals surface area contributed by atoms with Gasteiger partial charge in [0, 0.05) is 16.5 Å². The summed E-state index contributed by atoms with van der Waals surface area (Å²) in [6.45, 7) is 1.88. The van der Waals surface area contributed by atoms with Crippen molar-refractivity contribution in [1.82, 2.24) is 4.98 Å². The number of hydrogen-bond donors (Lipinski definition) is 2. The Kier molecular flexibility index (Phi) is 3.85. The summed E-state index contributed by atoms with van der Waals surface area (Å²) in [5.74, 6) is -0.272. The van der Waals surface area contributed by atoms with E-state index in [1.54, 1.807) is 18.2 Å². The molecule has 116 valence electrons. The number of hydrogen-bond acceptors (Lipinski definition) is 4. The van der Waals surface area contributed by atoms with Crippen molar-refractivity contribution in [2.45, 2.75) is 13.3 Å². The number of aromatic hydroxyl groups is 1. The molecule has 0 saturated heterocycles. The summed E-state index contributed by atoms with van der Waals surface area (Å²) in [5, 5.41) is 20.4. The molecule has 0 amide bonds. The lowest BCUT2D eigenvalue weighted by molar-refractivity contribution is 0.0687. The largest absolute Gasteiger partial charge is 0.505 e. The Hall–Kier alpha value is -3.08. The van der Waals surface area contributed by atoms with Gasteiger partial charge in [-0.2, -0.15) is 0 Å². The minimum Gasteiger partial charge on any atom is -0.505 e. The predicted molar refractivity (Wildman–Crippen MR) is 86.3 cm³/mol.